The number of benzene rings is 2. The normalized spacial score (nSPS) is 12.2. The first-order chi connectivity index (χ1) is 17.9. The third-order valence-electron chi connectivity index (χ3n) is 6.06. The highest BCUT2D eigenvalue weighted by molar-refractivity contribution is 7.18. The molecule has 4 aromatic rings. The molecule has 1 amide bonds. The molecule has 0 radical (unpaired) electrons. The molecule has 0 saturated carbocycles. The van der Waals surface area contributed by atoms with Gasteiger partial charge in [-0.2, -0.15) is 0 Å². The Hall–Kier alpha value is -3.01. The number of rotatable bonds is 11. The van der Waals surface area contributed by atoms with Crippen molar-refractivity contribution in [1.82, 2.24) is 14.8 Å². The molecule has 3 N–H and O–H groups in total. The van der Waals surface area contributed by atoms with Gasteiger partial charge in [0.1, 0.15) is 10.4 Å². The topological polar surface area (TPSA) is 94.8 Å². The fourth-order valence-electron chi connectivity index (χ4n) is 4.16. The molecule has 7 nitrogen and oxygen atoms in total. The molecular weight excluding hydrogens is 510 g/mol. The molecule has 4 rings (SSSR count). The van der Waals surface area contributed by atoms with Crippen LogP contribution in [0.15, 0.2) is 71.7 Å². The van der Waals surface area contributed by atoms with Crippen LogP contribution in [0.3, 0.4) is 0 Å². The number of fused-ring (bicyclic) bond motifs is 1. The molecule has 9 heteroatoms. The molecule has 0 fully saturated rings. The predicted molar refractivity (Wildman–Crippen MR) is 148 cm³/mol. The summed E-state index contributed by atoms with van der Waals surface area (Å²) in [5.74, 6) is -0.449. The van der Waals surface area contributed by atoms with Crippen LogP contribution in [0.2, 0.25) is 5.02 Å². The van der Waals surface area contributed by atoms with Crippen molar-refractivity contribution in [1.29, 1.82) is 0 Å². The number of aromatic nitrogens is 1. The summed E-state index contributed by atoms with van der Waals surface area (Å²) in [6.07, 6.45) is 1.46. The number of aliphatic hydroxyl groups excluding tert-OH is 2. The standard InChI is InChI=1S/C28H30ClN3O4S/c1-31(18-25(34)20-6-3-2-4-7-20)16-22-14-23-26(35)24(17-32(12-5-13-33)28(23)37-22)27(36)30-15-19-8-10-21(29)11-9-19/h2-4,6-11,14,17,25,33-34H,5,12-13,15-16,18H2,1H3,(H,30,36)/t25-/m1/s1. The highest BCUT2D eigenvalue weighted by Crippen LogP contribution is 2.26. The lowest BCUT2D eigenvalue weighted by molar-refractivity contribution is 0.0949. The van der Waals surface area contributed by atoms with Gasteiger partial charge in [-0.3, -0.25) is 14.5 Å². The number of halogens is 1. The molecule has 1 atom stereocenters. The van der Waals surface area contributed by atoms with Crippen LogP contribution in [0.5, 0.6) is 0 Å². The molecule has 2 aromatic carbocycles. The zero-order chi connectivity index (χ0) is 26.4. The highest BCUT2D eigenvalue weighted by Gasteiger charge is 2.19. The van der Waals surface area contributed by atoms with Gasteiger partial charge in [0.15, 0.2) is 0 Å². The van der Waals surface area contributed by atoms with Gasteiger partial charge in [-0.25, -0.2) is 0 Å². The second-order valence-electron chi connectivity index (χ2n) is 9.01. The molecule has 0 aliphatic carbocycles. The number of carbonyl (C=O) groups excluding carboxylic acids is 1. The van der Waals surface area contributed by atoms with Gasteiger partial charge >= 0.3 is 0 Å². The quantitative estimate of drug-likeness (QED) is 0.266. The average molecular weight is 540 g/mol. The Bertz CT molecular complexity index is 1400. The van der Waals surface area contributed by atoms with E-state index in [2.05, 4.69) is 5.32 Å². The van der Waals surface area contributed by atoms with Gasteiger partial charge in [0.2, 0.25) is 5.43 Å². The molecule has 2 aromatic heterocycles. The van der Waals surface area contributed by atoms with Crippen LogP contribution < -0.4 is 10.7 Å². The van der Waals surface area contributed by atoms with E-state index in [4.69, 9.17) is 11.6 Å². The Morgan fingerprint density at radius 3 is 2.59 bits per heavy atom. The zero-order valence-corrected chi connectivity index (χ0v) is 22.1. The Kier molecular flexibility index (Phi) is 9.13. The Morgan fingerprint density at radius 2 is 1.89 bits per heavy atom. The maximum atomic E-state index is 13.3. The molecule has 0 unspecified atom stereocenters. The van der Waals surface area contributed by atoms with E-state index in [1.54, 1.807) is 18.3 Å². The summed E-state index contributed by atoms with van der Waals surface area (Å²) in [5, 5.41) is 23.9. The lowest BCUT2D eigenvalue weighted by Crippen LogP contribution is -2.29. The smallest absolute Gasteiger partial charge is 0.257 e. The first kappa shape index (κ1) is 27.0. The fourth-order valence-corrected chi connectivity index (χ4v) is 5.52. The molecule has 0 spiro atoms. The van der Waals surface area contributed by atoms with Gasteiger partial charge in [-0.15, -0.1) is 11.3 Å². The molecular formula is C28H30ClN3O4S. The number of hydrogen-bond donors (Lipinski definition) is 3. The molecule has 194 valence electrons. The predicted octanol–water partition coefficient (Wildman–Crippen LogP) is 4.19. The maximum Gasteiger partial charge on any atom is 0.257 e. The first-order valence-corrected chi connectivity index (χ1v) is 13.3. The number of thiophene rings is 1. The third kappa shape index (κ3) is 6.85. The first-order valence-electron chi connectivity index (χ1n) is 12.1. The number of nitrogens with zero attached hydrogens (tertiary/aromatic N) is 2. The third-order valence-corrected chi connectivity index (χ3v) is 7.47. The van der Waals surface area contributed by atoms with Gasteiger partial charge in [0.25, 0.3) is 5.91 Å². The summed E-state index contributed by atoms with van der Waals surface area (Å²) in [6, 6.07) is 18.5. The van der Waals surface area contributed by atoms with E-state index in [-0.39, 0.29) is 24.1 Å². The van der Waals surface area contributed by atoms with Crippen molar-refractivity contribution in [3.05, 3.63) is 104 Å². The number of hydrogen-bond acceptors (Lipinski definition) is 6. The van der Waals surface area contributed by atoms with Crippen LogP contribution in [0.1, 0.15) is 38.9 Å². The molecule has 0 aliphatic heterocycles. The highest BCUT2D eigenvalue weighted by atomic mass is 35.5. The van der Waals surface area contributed by atoms with Crippen molar-refractivity contribution < 1.29 is 15.0 Å². The minimum atomic E-state index is -0.624. The van der Waals surface area contributed by atoms with Crippen molar-refractivity contribution >= 4 is 39.1 Å². The van der Waals surface area contributed by atoms with Crippen LogP contribution in [0.25, 0.3) is 10.2 Å². The van der Waals surface area contributed by atoms with Gasteiger partial charge < -0.3 is 20.1 Å². The fraction of sp³-hybridized carbons (Fsp3) is 0.286. The van der Waals surface area contributed by atoms with Crippen molar-refractivity contribution in [2.75, 3.05) is 20.2 Å². The van der Waals surface area contributed by atoms with E-state index < -0.39 is 12.0 Å². The van der Waals surface area contributed by atoms with Crippen LogP contribution in [0.4, 0.5) is 0 Å². The number of nitrogens with one attached hydrogen (secondary N) is 1. The van der Waals surface area contributed by atoms with Gasteiger partial charge in [0, 0.05) is 48.9 Å². The van der Waals surface area contributed by atoms with E-state index in [0.717, 1.165) is 20.8 Å². The van der Waals surface area contributed by atoms with Crippen molar-refractivity contribution in [3.63, 3.8) is 0 Å². The number of carbonyl (C=O) groups is 1. The number of likely N-dealkylation sites (N-methyl/N-ethyl adjacent to an activating group) is 1. The van der Waals surface area contributed by atoms with E-state index >= 15 is 0 Å². The second kappa shape index (κ2) is 12.5. The summed E-state index contributed by atoms with van der Waals surface area (Å²) in [5.41, 5.74) is 1.47. The SMILES string of the molecule is CN(Cc1cc2c(=O)c(C(=O)NCc3ccc(Cl)cc3)cn(CCCO)c2s1)C[C@@H](O)c1ccccc1. The number of aliphatic hydroxyl groups is 2. The van der Waals surface area contributed by atoms with Crippen molar-refractivity contribution in [2.24, 2.45) is 0 Å². The average Bonchev–Trinajstić information content (AvgIpc) is 3.32. The summed E-state index contributed by atoms with van der Waals surface area (Å²) >= 11 is 7.41. The molecule has 0 saturated heterocycles. The minimum Gasteiger partial charge on any atom is -0.396 e. The second-order valence-corrected chi connectivity index (χ2v) is 10.6. The maximum absolute atomic E-state index is 13.3. The number of pyridine rings is 1. The molecule has 2 heterocycles. The zero-order valence-electron chi connectivity index (χ0n) is 20.6. The Balaban J connectivity index is 1.55. The summed E-state index contributed by atoms with van der Waals surface area (Å²) in [4.78, 5) is 30.0. The summed E-state index contributed by atoms with van der Waals surface area (Å²) < 4.78 is 1.87. The molecule has 0 bridgehead atoms. The summed E-state index contributed by atoms with van der Waals surface area (Å²) in [6.45, 7) is 1.73. The van der Waals surface area contributed by atoms with E-state index in [1.807, 2.05) is 65.0 Å². The monoisotopic (exact) mass is 539 g/mol. The van der Waals surface area contributed by atoms with Crippen LogP contribution in [0, 0.1) is 0 Å². The van der Waals surface area contributed by atoms with Crippen LogP contribution in [-0.2, 0) is 19.6 Å². The van der Waals surface area contributed by atoms with E-state index in [0.29, 0.717) is 36.5 Å². The lowest BCUT2D eigenvalue weighted by atomic mass is 10.1. The lowest BCUT2D eigenvalue weighted by Gasteiger charge is -2.20. The van der Waals surface area contributed by atoms with Crippen LogP contribution in [-0.4, -0.2) is 45.8 Å². The van der Waals surface area contributed by atoms with Gasteiger partial charge in [-0.1, -0.05) is 54.1 Å². The largest absolute Gasteiger partial charge is 0.396 e. The minimum absolute atomic E-state index is 0.00403. The Labute approximate surface area is 224 Å². The number of aryl methyl sites for hydroxylation is 1. The van der Waals surface area contributed by atoms with E-state index in [9.17, 15) is 19.8 Å². The van der Waals surface area contributed by atoms with Crippen molar-refractivity contribution in [3.8, 4) is 0 Å². The molecule has 37 heavy (non-hydrogen) atoms. The molecule has 0 aliphatic rings. The Morgan fingerprint density at radius 1 is 1.16 bits per heavy atom. The van der Waals surface area contributed by atoms with E-state index in [1.165, 1.54) is 11.3 Å². The summed E-state index contributed by atoms with van der Waals surface area (Å²) in [7, 11) is 1.92. The van der Waals surface area contributed by atoms with Gasteiger partial charge in [-0.05, 0) is 42.8 Å². The van der Waals surface area contributed by atoms with Gasteiger partial charge in [0.05, 0.1) is 11.5 Å². The number of amides is 1. The van der Waals surface area contributed by atoms with Crippen LogP contribution >= 0.6 is 22.9 Å². The van der Waals surface area contributed by atoms with Crippen molar-refractivity contribution in [2.45, 2.75) is 32.2 Å².